The van der Waals surface area contributed by atoms with Crippen LogP contribution in [0, 0.1) is 33.3 Å². The normalized spacial score (nSPS) is 21.1. The minimum absolute atomic E-state index is 0.0195. The van der Waals surface area contributed by atoms with Gasteiger partial charge in [0.15, 0.2) is 0 Å². The van der Waals surface area contributed by atoms with Crippen LogP contribution in [0.4, 0.5) is 5.69 Å². The number of nitro benzene ring substituents is 1. The van der Waals surface area contributed by atoms with Crippen molar-refractivity contribution < 1.29 is 38.6 Å². The molecule has 0 aliphatic carbocycles. The van der Waals surface area contributed by atoms with Gasteiger partial charge in [0, 0.05) is 37.0 Å². The van der Waals surface area contributed by atoms with Crippen LogP contribution in [0.1, 0.15) is 52.5 Å². The number of aliphatic hydroxyl groups is 1. The van der Waals surface area contributed by atoms with Gasteiger partial charge >= 0.3 is 11.9 Å². The molecule has 1 aliphatic rings. The molecule has 0 bridgehead atoms. The molecule has 0 radical (unpaired) electrons. The van der Waals surface area contributed by atoms with Crippen LogP contribution in [0.25, 0.3) is 0 Å². The second-order valence-corrected chi connectivity index (χ2v) is 9.11. The molecule has 0 fully saturated rings. The first-order chi connectivity index (χ1) is 18.0. The first kappa shape index (κ1) is 30.7. The number of ether oxygens (including phenoxy) is 4. The van der Waals surface area contributed by atoms with Crippen molar-refractivity contribution in [3.63, 3.8) is 0 Å². The zero-order valence-corrected chi connectivity index (χ0v) is 22.3. The maximum atomic E-state index is 13.7. The number of hydrogen-bond donors (Lipinski definition) is 2. The summed E-state index contributed by atoms with van der Waals surface area (Å²) in [5, 5.41) is 35.3. The first-order valence-corrected chi connectivity index (χ1v) is 12.4. The van der Waals surface area contributed by atoms with E-state index in [9.17, 15) is 24.8 Å². The van der Waals surface area contributed by atoms with Gasteiger partial charge in [0.05, 0.1) is 29.6 Å². The van der Waals surface area contributed by atoms with E-state index in [1.54, 1.807) is 13.8 Å². The SMILES string of the molecule is CCOC(OCC)[C@]1(O)NC(C)=C(C(=O)OCCC#N)[C@H](c2cccc([N+](=O)[O-])c2)[C@H]1C(=O)OCC(C)C. The van der Waals surface area contributed by atoms with Gasteiger partial charge in [-0.05, 0) is 32.3 Å². The average molecular weight is 534 g/mol. The predicted molar refractivity (Wildman–Crippen MR) is 134 cm³/mol. The Morgan fingerprint density at radius 2 is 1.89 bits per heavy atom. The number of benzene rings is 1. The zero-order chi connectivity index (χ0) is 28.5. The average Bonchev–Trinajstić information content (AvgIpc) is 2.86. The molecule has 0 amide bonds. The first-order valence-electron chi connectivity index (χ1n) is 12.4. The van der Waals surface area contributed by atoms with Gasteiger partial charge in [-0.1, -0.05) is 26.0 Å². The number of nitrogens with one attached hydrogen (secondary N) is 1. The summed E-state index contributed by atoms with van der Waals surface area (Å²) in [5.74, 6) is -4.56. The maximum Gasteiger partial charge on any atom is 0.336 e. The second kappa shape index (κ2) is 13.9. The Morgan fingerprint density at radius 1 is 1.24 bits per heavy atom. The van der Waals surface area contributed by atoms with E-state index in [-0.39, 0.29) is 61.3 Å². The number of rotatable bonds is 13. The molecule has 0 saturated heterocycles. The Morgan fingerprint density at radius 3 is 2.45 bits per heavy atom. The zero-order valence-electron chi connectivity index (χ0n) is 22.3. The number of nitriles is 1. The number of nitro groups is 1. The summed E-state index contributed by atoms with van der Waals surface area (Å²) in [5.41, 5.74) is -2.23. The lowest BCUT2D eigenvalue weighted by atomic mass is 9.71. The third kappa shape index (κ3) is 7.06. The second-order valence-electron chi connectivity index (χ2n) is 9.11. The van der Waals surface area contributed by atoms with Crippen molar-refractivity contribution in [3.05, 3.63) is 51.2 Å². The quantitative estimate of drug-likeness (QED) is 0.126. The van der Waals surface area contributed by atoms with E-state index in [1.165, 1.54) is 31.2 Å². The summed E-state index contributed by atoms with van der Waals surface area (Å²) in [6, 6.07) is 7.31. The number of nitrogens with zero attached hydrogens (tertiary/aromatic N) is 2. The summed E-state index contributed by atoms with van der Waals surface area (Å²) in [7, 11) is 0. The maximum absolute atomic E-state index is 13.7. The molecular formula is C26H35N3O9. The van der Waals surface area contributed by atoms with Crippen LogP contribution in [-0.4, -0.2) is 60.4 Å². The van der Waals surface area contributed by atoms with Gasteiger partial charge < -0.3 is 29.4 Å². The lowest BCUT2D eigenvalue weighted by molar-refractivity contribution is -0.385. The number of carbonyl (C=O) groups excluding carboxylic acids is 2. The fraction of sp³-hybridized carbons (Fsp3) is 0.577. The molecular weight excluding hydrogens is 498 g/mol. The molecule has 3 atom stereocenters. The molecule has 0 aromatic heterocycles. The van der Waals surface area contributed by atoms with Gasteiger partial charge in [0.1, 0.15) is 12.5 Å². The molecule has 1 aromatic rings. The van der Waals surface area contributed by atoms with Crippen molar-refractivity contribution >= 4 is 17.6 Å². The molecule has 12 nitrogen and oxygen atoms in total. The fourth-order valence-electron chi connectivity index (χ4n) is 4.30. The molecule has 208 valence electrons. The van der Waals surface area contributed by atoms with Crippen LogP contribution in [0.3, 0.4) is 0 Å². The van der Waals surface area contributed by atoms with Gasteiger partial charge in [-0.15, -0.1) is 0 Å². The van der Waals surface area contributed by atoms with Gasteiger partial charge in [-0.3, -0.25) is 14.9 Å². The van der Waals surface area contributed by atoms with E-state index in [0.717, 1.165) is 0 Å². The van der Waals surface area contributed by atoms with Gasteiger partial charge in [-0.2, -0.15) is 5.26 Å². The highest BCUT2D eigenvalue weighted by Crippen LogP contribution is 2.46. The Bertz CT molecular complexity index is 1080. The third-order valence-corrected chi connectivity index (χ3v) is 5.83. The molecule has 2 rings (SSSR count). The Labute approximate surface area is 221 Å². The summed E-state index contributed by atoms with van der Waals surface area (Å²) < 4.78 is 22.2. The van der Waals surface area contributed by atoms with Crippen molar-refractivity contribution in [3.8, 4) is 6.07 Å². The lowest BCUT2D eigenvalue weighted by Crippen LogP contribution is -2.67. The number of carbonyl (C=O) groups is 2. The molecule has 0 saturated carbocycles. The highest BCUT2D eigenvalue weighted by molar-refractivity contribution is 5.93. The van der Waals surface area contributed by atoms with Gasteiger partial charge in [-0.25, -0.2) is 4.79 Å². The Hall–Kier alpha value is -3.53. The molecule has 1 heterocycles. The monoisotopic (exact) mass is 533 g/mol. The van der Waals surface area contributed by atoms with Gasteiger partial charge in [0.25, 0.3) is 5.69 Å². The molecule has 0 spiro atoms. The van der Waals surface area contributed by atoms with Crippen molar-refractivity contribution in [2.45, 2.75) is 59.0 Å². The highest BCUT2D eigenvalue weighted by atomic mass is 16.7. The fourth-order valence-corrected chi connectivity index (χ4v) is 4.30. The predicted octanol–water partition coefficient (Wildman–Crippen LogP) is 2.92. The Balaban J connectivity index is 2.83. The third-order valence-electron chi connectivity index (χ3n) is 5.83. The van der Waals surface area contributed by atoms with Crippen LogP contribution < -0.4 is 5.32 Å². The van der Waals surface area contributed by atoms with E-state index in [2.05, 4.69) is 5.32 Å². The standard InChI is InChI=1S/C26H35N3O9/c1-6-35-25(36-7-2)26(32)22(24(31)38-15-16(3)4)21(18-10-8-11-19(14-18)29(33)34)20(17(5)28-26)23(30)37-13-9-12-27/h8,10-11,14,16,21-22,25,28,32H,6-7,9,13,15H2,1-5H3/t21-,22-,26-/m0/s1. The van der Waals surface area contributed by atoms with E-state index in [4.69, 9.17) is 24.2 Å². The van der Waals surface area contributed by atoms with Gasteiger partial charge in [0.2, 0.25) is 12.0 Å². The summed E-state index contributed by atoms with van der Waals surface area (Å²) in [6.45, 7) is 8.59. The van der Waals surface area contributed by atoms with Crippen LogP contribution in [0.15, 0.2) is 35.5 Å². The number of allylic oxidation sites excluding steroid dienone is 1. The van der Waals surface area contributed by atoms with Crippen molar-refractivity contribution in [2.75, 3.05) is 26.4 Å². The highest BCUT2D eigenvalue weighted by Gasteiger charge is 2.59. The molecule has 12 heteroatoms. The van der Waals surface area contributed by atoms with E-state index < -0.39 is 40.7 Å². The summed E-state index contributed by atoms with van der Waals surface area (Å²) >= 11 is 0. The smallest absolute Gasteiger partial charge is 0.336 e. The molecule has 38 heavy (non-hydrogen) atoms. The topological polar surface area (TPSA) is 170 Å². The van der Waals surface area contributed by atoms with E-state index >= 15 is 0 Å². The van der Waals surface area contributed by atoms with Crippen LogP contribution in [0.2, 0.25) is 0 Å². The summed E-state index contributed by atoms with van der Waals surface area (Å²) in [4.78, 5) is 37.9. The number of non-ortho nitro benzene ring substituents is 1. The minimum Gasteiger partial charge on any atom is -0.465 e. The van der Waals surface area contributed by atoms with E-state index in [0.29, 0.717) is 0 Å². The molecule has 2 N–H and O–H groups in total. The van der Waals surface area contributed by atoms with Crippen LogP contribution in [0.5, 0.6) is 0 Å². The largest absolute Gasteiger partial charge is 0.465 e. The van der Waals surface area contributed by atoms with E-state index in [1.807, 2.05) is 19.9 Å². The lowest BCUT2D eigenvalue weighted by Gasteiger charge is -2.47. The van der Waals surface area contributed by atoms with Crippen molar-refractivity contribution in [1.29, 1.82) is 5.26 Å². The van der Waals surface area contributed by atoms with Crippen molar-refractivity contribution in [2.24, 2.45) is 11.8 Å². The van der Waals surface area contributed by atoms with Crippen LogP contribution in [-0.2, 0) is 28.5 Å². The molecule has 1 aromatic carbocycles. The molecule has 0 unspecified atom stereocenters. The number of esters is 2. The van der Waals surface area contributed by atoms with Crippen molar-refractivity contribution in [1.82, 2.24) is 5.32 Å². The molecule has 1 aliphatic heterocycles. The van der Waals surface area contributed by atoms with Crippen LogP contribution >= 0.6 is 0 Å². The minimum atomic E-state index is -2.24. The number of hydrogen-bond acceptors (Lipinski definition) is 11. The summed E-state index contributed by atoms with van der Waals surface area (Å²) in [6.07, 6.45) is -1.44. The Kier molecular flexibility index (Phi) is 11.2.